The summed E-state index contributed by atoms with van der Waals surface area (Å²) in [4.78, 5) is 4.07. The highest BCUT2D eigenvalue weighted by Gasteiger charge is 2.34. The first kappa shape index (κ1) is 15.3. The smallest absolute Gasteiger partial charge is 0.419 e. The standard InChI is InChI=1S/C15H15F3N2O/c1-10-8-11(6-7-19)9-20-14(10)21-13-5-3-2-4-12(13)15(16,17)18/h2-5,8-9H,6-7,19H2,1H3. The number of nitrogens with zero attached hydrogens (tertiary/aromatic N) is 1. The Kier molecular flexibility index (Phi) is 4.47. The fourth-order valence-electron chi connectivity index (χ4n) is 1.92. The molecule has 0 aliphatic rings. The Labute approximate surface area is 120 Å². The maximum absolute atomic E-state index is 12.9. The maximum atomic E-state index is 12.9. The van der Waals surface area contributed by atoms with Crippen LogP contribution in [0.3, 0.4) is 0 Å². The van der Waals surface area contributed by atoms with Crippen LogP contribution in [0.15, 0.2) is 36.5 Å². The quantitative estimate of drug-likeness (QED) is 0.935. The first-order chi connectivity index (χ1) is 9.91. The summed E-state index contributed by atoms with van der Waals surface area (Å²) < 4.78 is 44.0. The number of nitrogens with two attached hydrogens (primary N) is 1. The zero-order valence-electron chi connectivity index (χ0n) is 11.4. The first-order valence-corrected chi connectivity index (χ1v) is 6.41. The van der Waals surface area contributed by atoms with Crippen LogP contribution >= 0.6 is 0 Å². The zero-order chi connectivity index (χ0) is 15.5. The van der Waals surface area contributed by atoms with E-state index < -0.39 is 11.7 Å². The van der Waals surface area contributed by atoms with Crippen LogP contribution in [0, 0.1) is 6.92 Å². The van der Waals surface area contributed by atoms with Gasteiger partial charge < -0.3 is 10.5 Å². The summed E-state index contributed by atoms with van der Waals surface area (Å²) in [5.74, 6) is -0.0975. The molecular weight excluding hydrogens is 281 g/mol. The molecule has 0 saturated heterocycles. The van der Waals surface area contributed by atoms with Gasteiger partial charge in [0.05, 0.1) is 5.56 Å². The van der Waals surface area contributed by atoms with E-state index in [1.165, 1.54) is 18.2 Å². The number of benzene rings is 1. The number of hydrogen-bond donors (Lipinski definition) is 1. The van der Waals surface area contributed by atoms with Crippen LogP contribution in [-0.4, -0.2) is 11.5 Å². The molecule has 0 bridgehead atoms. The number of ether oxygens (including phenoxy) is 1. The number of para-hydroxylation sites is 1. The van der Waals surface area contributed by atoms with Crippen LogP contribution < -0.4 is 10.5 Å². The van der Waals surface area contributed by atoms with Gasteiger partial charge in [0.25, 0.3) is 0 Å². The zero-order valence-corrected chi connectivity index (χ0v) is 11.4. The lowest BCUT2D eigenvalue weighted by Crippen LogP contribution is -2.08. The molecule has 0 atom stereocenters. The van der Waals surface area contributed by atoms with E-state index in [0.717, 1.165) is 11.6 Å². The van der Waals surface area contributed by atoms with Crippen molar-refractivity contribution in [3.05, 3.63) is 53.2 Å². The van der Waals surface area contributed by atoms with E-state index in [2.05, 4.69) is 4.98 Å². The Balaban J connectivity index is 2.31. The van der Waals surface area contributed by atoms with Gasteiger partial charge in [0.1, 0.15) is 5.75 Å². The second-order valence-electron chi connectivity index (χ2n) is 4.60. The Hall–Kier alpha value is -2.08. The van der Waals surface area contributed by atoms with Crippen molar-refractivity contribution < 1.29 is 17.9 Å². The molecule has 112 valence electrons. The number of hydrogen-bond acceptors (Lipinski definition) is 3. The van der Waals surface area contributed by atoms with Crippen LogP contribution in [0.5, 0.6) is 11.6 Å². The minimum absolute atomic E-state index is 0.160. The Morgan fingerprint density at radius 2 is 1.95 bits per heavy atom. The van der Waals surface area contributed by atoms with Crippen LogP contribution in [0.25, 0.3) is 0 Å². The summed E-state index contributed by atoms with van der Waals surface area (Å²) in [6.07, 6.45) is -2.25. The predicted molar refractivity (Wildman–Crippen MR) is 73.3 cm³/mol. The van der Waals surface area contributed by atoms with Crippen molar-refractivity contribution >= 4 is 0 Å². The highest BCUT2D eigenvalue weighted by Crippen LogP contribution is 2.38. The maximum Gasteiger partial charge on any atom is 0.419 e. The van der Waals surface area contributed by atoms with E-state index in [9.17, 15) is 13.2 Å². The summed E-state index contributed by atoms with van der Waals surface area (Å²) in [6, 6.07) is 6.87. The molecule has 0 amide bonds. The largest absolute Gasteiger partial charge is 0.438 e. The van der Waals surface area contributed by atoms with Gasteiger partial charge >= 0.3 is 6.18 Å². The van der Waals surface area contributed by atoms with Crippen molar-refractivity contribution in [3.8, 4) is 11.6 Å². The summed E-state index contributed by atoms with van der Waals surface area (Å²) >= 11 is 0. The molecule has 1 heterocycles. The molecule has 1 aromatic heterocycles. The molecule has 3 nitrogen and oxygen atoms in total. The third-order valence-electron chi connectivity index (χ3n) is 2.92. The monoisotopic (exact) mass is 296 g/mol. The van der Waals surface area contributed by atoms with Gasteiger partial charge in [0.15, 0.2) is 0 Å². The molecule has 2 aromatic rings. The van der Waals surface area contributed by atoms with Crippen molar-refractivity contribution in [3.63, 3.8) is 0 Å². The summed E-state index contributed by atoms with van der Waals surface area (Å²) in [5, 5.41) is 0. The number of aromatic nitrogens is 1. The summed E-state index contributed by atoms with van der Waals surface area (Å²) in [7, 11) is 0. The molecule has 0 saturated carbocycles. The number of halogens is 3. The Morgan fingerprint density at radius 1 is 1.24 bits per heavy atom. The number of rotatable bonds is 4. The van der Waals surface area contributed by atoms with Crippen LogP contribution in [0.2, 0.25) is 0 Å². The number of aryl methyl sites for hydroxylation is 1. The molecular formula is C15H15F3N2O. The molecule has 0 radical (unpaired) electrons. The minimum Gasteiger partial charge on any atom is -0.438 e. The van der Waals surface area contributed by atoms with Crippen molar-refractivity contribution in [2.24, 2.45) is 5.73 Å². The molecule has 0 aliphatic heterocycles. The van der Waals surface area contributed by atoms with Crippen LogP contribution in [0.4, 0.5) is 13.2 Å². The molecule has 2 rings (SSSR count). The van der Waals surface area contributed by atoms with Crippen molar-refractivity contribution in [2.75, 3.05) is 6.54 Å². The van der Waals surface area contributed by atoms with Gasteiger partial charge in [-0.25, -0.2) is 4.98 Å². The van der Waals surface area contributed by atoms with Gasteiger partial charge in [-0.05, 0) is 43.7 Å². The van der Waals surface area contributed by atoms with Gasteiger partial charge in [-0.1, -0.05) is 12.1 Å². The summed E-state index contributed by atoms with van der Waals surface area (Å²) in [6.45, 7) is 2.22. The topological polar surface area (TPSA) is 48.1 Å². The van der Waals surface area contributed by atoms with Gasteiger partial charge in [-0.15, -0.1) is 0 Å². The third kappa shape index (κ3) is 3.72. The Bertz CT molecular complexity index is 627. The van der Waals surface area contributed by atoms with E-state index in [1.54, 1.807) is 13.1 Å². The summed E-state index contributed by atoms with van der Waals surface area (Å²) in [5.41, 5.74) is 6.22. The fourth-order valence-corrected chi connectivity index (χ4v) is 1.92. The number of pyridine rings is 1. The lowest BCUT2D eigenvalue weighted by molar-refractivity contribution is -0.138. The van der Waals surface area contributed by atoms with Crippen molar-refractivity contribution in [1.82, 2.24) is 4.98 Å². The first-order valence-electron chi connectivity index (χ1n) is 6.41. The minimum atomic E-state index is -4.47. The van der Waals surface area contributed by atoms with Gasteiger partial charge in [0.2, 0.25) is 5.88 Å². The lowest BCUT2D eigenvalue weighted by Gasteiger charge is -2.14. The van der Waals surface area contributed by atoms with E-state index in [1.807, 2.05) is 6.07 Å². The van der Waals surface area contributed by atoms with Gasteiger partial charge in [0, 0.05) is 11.8 Å². The molecule has 0 fully saturated rings. The normalized spacial score (nSPS) is 11.5. The van der Waals surface area contributed by atoms with Crippen molar-refractivity contribution in [2.45, 2.75) is 19.5 Å². The molecule has 21 heavy (non-hydrogen) atoms. The molecule has 6 heteroatoms. The SMILES string of the molecule is Cc1cc(CCN)cnc1Oc1ccccc1C(F)(F)F. The highest BCUT2D eigenvalue weighted by molar-refractivity contribution is 5.40. The average Bonchev–Trinajstić information content (AvgIpc) is 2.42. The average molecular weight is 296 g/mol. The van der Waals surface area contributed by atoms with Crippen molar-refractivity contribution in [1.29, 1.82) is 0 Å². The molecule has 1 aromatic carbocycles. The molecule has 0 aliphatic carbocycles. The molecule has 0 spiro atoms. The van der Waals surface area contributed by atoms with Crippen LogP contribution in [-0.2, 0) is 12.6 Å². The fraction of sp³-hybridized carbons (Fsp3) is 0.267. The van der Waals surface area contributed by atoms with E-state index in [-0.39, 0.29) is 11.6 Å². The molecule has 2 N–H and O–H groups in total. The molecule has 0 unspecified atom stereocenters. The predicted octanol–water partition coefficient (Wildman–Crippen LogP) is 3.70. The lowest BCUT2D eigenvalue weighted by atomic mass is 10.1. The van der Waals surface area contributed by atoms with Gasteiger partial charge in [-0.3, -0.25) is 0 Å². The van der Waals surface area contributed by atoms with E-state index >= 15 is 0 Å². The highest BCUT2D eigenvalue weighted by atomic mass is 19.4. The third-order valence-corrected chi connectivity index (χ3v) is 2.92. The second kappa shape index (κ2) is 6.13. The van der Waals surface area contributed by atoms with Gasteiger partial charge in [-0.2, -0.15) is 13.2 Å². The van der Waals surface area contributed by atoms with Crippen LogP contribution in [0.1, 0.15) is 16.7 Å². The Morgan fingerprint density at radius 3 is 2.57 bits per heavy atom. The number of alkyl halides is 3. The van der Waals surface area contributed by atoms with E-state index in [0.29, 0.717) is 18.5 Å². The second-order valence-corrected chi connectivity index (χ2v) is 4.60. The van der Waals surface area contributed by atoms with E-state index in [4.69, 9.17) is 10.5 Å².